The summed E-state index contributed by atoms with van der Waals surface area (Å²) < 4.78 is 7.91. The minimum Gasteiger partial charge on any atom is -0.488 e. The van der Waals surface area contributed by atoms with Gasteiger partial charge in [0.05, 0.1) is 5.09 Å². The first-order chi connectivity index (χ1) is 14.0. The van der Waals surface area contributed by atoms with E-state index in [1.165, 1.54) is 0 Å². The topological polar surface area (TPSA) is 117 Å². The maximum absolute atomic E-state index is 8.25. The zero-order valence-corrected chi connectivity index (χ0v) is 15.9. The van der Waals surface area contributed by atoms with Crippen LogP contribution >= 0.6 is 11.6 Å². The molecule has 150 valence electrons. The molecule has 0 saturated heterocycles. The van der Waals surface area contributed by atoms with Gasteiger partial charge in [-0.05, 0) is 29.8 Å². The second kappa shape index (κ2) is 9.56. The first-order valence-electron chi connectivity index (χ1n) is 8.56. The van der Waals surface area contributed by atoms with Crippen LogP contribution in [0.1, 0.15) is 17.2 Å². The summed E-state index contributed by atoms with van der Waals surface area (Å²) >= 11 is 5.91. The number of imidazole rings is 1. The number of oxime groups is 1. The van der Waals surface area contributed by atoms with Gasteiger partial charge in [0.15, 0.2) is 6.04 Å². The Morgan fingerprint density at radius 1 is 1.24 bits per heavy atom. The molecule has 4 rings (SSSR count). The maximum Gasteiger partial charge on any atom is 0.242 e. The number of aromatic amines is 1. The third kappa shape index (κ3) is 5.45. The predicted octanol–water partition coefficient (Wildman–Crippen LogP) is 3.27. The molecule has 1 N–H and O–H groups in total. The van der Waals surface area contributed by atoms with E-state index in [1.807, 2.05) is 71.8 Å². The monoisotopic (exact) mass is 416 g/mol. The fraction of sp³-hybridized carbons (Fsp3) is 0.158. The Balaban J connectivity index is 0.000000552. The van der Waals surface area contributed by atoms with Crippen molar-refractivity contribution in [2.24, 2.45) is 5.16 Å². The van der Waals surface area contributed by atoms with E-state index in [9.17, 15) is 0 Å². The fourth-order valence-electron chi connectivity index (χ4n) is 2.82. The summed E-state index contributed by atoms with van der Waals surface area (Å²) in [5.74, 6) is 0.823. The zero-order chi connectivity index (χ0) is 20.6. The molecule has 29 heavy (non-hydrogen) atoms. The van der Waals surface area contributed by atoms with Crippen LogP contribution in [-0.2, 0) is 11.4 Å². The molecule has 0 spiro atoms. The van der Waals surface area contributed by atoms with Gasteiger partial charge in [-0.1, -0.05) is 41.0 Å². The maximum atomic E-state index is 8.25. The van der Waals surface area contributed by atoms with Crippen molar-refractivity contribution in [1.29, 1.82) is 0 Å². The number of hydrogen-bond acceptors (Lipinski definition) is 6. The number of nitrogens with one attached hydrogen (secondary N) is 1. The summed E-state index contributed by atoms with van der Waals surface area (Å²) in [4.78, 5) is 17.0. The average Bonchev–Trinajstić information content (AvgIpc) is 3.24. The zero-order valence-electron chi connectivity index (χ0n) is 15.1. The van der Waals surface area contributed by atoms with Gasteiger partial charge in [-0.15, -0.1) is 0 Å². The lowest BCUT2D eigenvalue weighted by Crippen LogP contribution is -2.48. The van der Waals surface area contributed by atoms with E-state index in [-0.39, 0.29) is 6.04 Å². The number of H-pyrrole nitrogens is 1. The molecule has 9 nitrogen and oxygen atoms in total. The molecule has 1 aliphatic heterocycles. The Labute approximate surface area is 170 Å². The third-order valence-electron chi connectivity index (χ3n) is 4.11. The quantitative estimate of drug-likeness (QED) is 0.398. The number of hydrogen-bond donors (Lipinski definition) is 1. The van der Waals surface area contributed by atoms with Crippen LogP contribution in [0.15, 0.2) is 72.4 Å². The van der Waals surface area contributed by atoms with Gasteiger partial charge in [-0.25, -0.2) is 4.57 Å². The lowest BCUT2D eigenvalue weighted by atomic mass is 10.00. The van der Waals surface area contributed by atoms with Gasteiger partial charge in [0.2, 0.25) is 6.33 Å². The van der Waals surface area contributed by atoms with Crippen LogP contribution in [0.2, 0.25) is 5.02 Å². The van der Waals surface area contributed by atoms with E-state index >= 15 is 0 Å². The van der Waals surface area contributed by atoms with E-state index in [0.29, 0.717) is 18.2 Å². The lowest BCUT2D eigenvalue weighted by Gasteiger charge is -2.24. The molecule has 0 radical (unpaired) electrons. The average molecular weight is 417 g/mol. The van der Waals surface area contributed by atoms with Crippen molar-refractivity contribution in [1.82, 2.24) is 4.98 Å². The summed E-state index contributed by atoms with van der Waals surface area (Å²) in [6, 6.07) is 15.4. The van der Waals surface area contributed by atoms with Gasteiger partial charge >= 0.3 is 0 Å². The van der Waals surface area contributed by atoms with Crippen LogP contribution in [0, 0.1) is 15.3 Å². The molecule has 0 bridgehead atoms. The highest BCUT2D eigenvalue weighted by molar-refractivity contribution is 6.30. The van der Waals surface area contributed by atoms with E-state index in [0.717, 1.165) is 22.6 Å². The first kappa shape index (κ1) is 20.2. The number of para-hydroxylation sites is 1. The van der Waals surface area contributed by atoms with E-state index in [4.69, 9.17) is 36.5 Å². The largest absolute Gasteiger partial charge is 0.488 e. The van der Waals surface area contributed by atoms with Crippen LogP contribution in [0.25, 0.3) is 0 Å². The molecule has 3 aromatic rings. The number of halogens is 1. The molecule has 0 saturated carbocycles. The number of aromatic nitrogens is 2. The minimum absolute atomic E-state index is 0.0497. The second-order valence-electron chi connectivity index (χ2n) is 5.98. The molecule has 10 heteroatoms. The molecule has 1 aromatic heterocycles. The molecule has 1 atom stereocenters. The van der Waals surface area contributed by atoms with E-state index < -0.39 is 5.09 Å². The van der Waals surface area contributed by atoms with Gasteiger partial charge in [-0.2, -0.15) is 0 Å². The van der Waals surface area contributed by atoms with Crippen molar-refractivity contribution < 1.29 is 19.2 Å². The van der Waals surface area contributed by atoms with Crippen LogP contribution in [0.5, 0.6) is 5.75 Å². The molecule has 2 aromatic carbocycles. The van der Waals surface area contributed by atoms with Gasteiger partial charge in [0.1, 0.15) is 37.1 Å². The smallest absolute Gasteiger partial charge is 0.242 e. The van der Waals surface area contributed by atoms with Crippen molar-refractivity contribution >= 4 is 17.3 Å². The minimum atomic E-state index is -1.75. The summed E-state index contributed by atoms with van der Waals surface area (Å²) in [7, 11) is 0. The molecule has 2 heterocycles. The first-order valence-corrected chi connectivity index (χ1v) is 8.94. The summed E-state index contributed by atoms with van der Waals surface area (Å²) in [5, 5.41) is 19.9. The van der Waals surface area contributed by atoms with Gasteiger partial charge < -0.3 is 24.9 Å². The van der Waals surface area contributed by atoms with Crippen molar-refractivity contribution in [2.45, 2.75) is 12.6 Å². The SMILES string of the molecule is Clc1ccc(CO/N=C2/c3ccccc3OCC2[n+]2cc[nH]c2)cc1.O=[N+]([O-])[O-]. The fourth-order valence-corrected chi connectivity index (χ4v) is 2.95. The molecule has 0 aliphatic carbocycles. The molecule has 1 aliphatic rings. The molecule has 0 fully saturated rings. The van der Waals surface area contributed by atoms with Gasteiger partial charge in [0, 0.05) is 10.6 Å². The van der Waals surface area contributed by atoms with Crippen LogP contribution in [0.4, 0.5) is 0 Å². The molecular formula is C19H17ClN4O5. The van der Waals surface area contributed by atoms with E-state index in [2.05, 4.69) is 10.1 Å². The van der Waals surface area contributed by atoms with E-state index in [1.54, 1.807) is 0 Å². The normalized spacial score (nSPS) is 16.2. The van der Waals surface area contributed by atoms with Gasteiger partial charge in [0.25, 0.3) is 0 Å². The summed E-state index contributed by atoms with van der Waals surface area (Å²) in [6.07, 6.45) is 5.71. The molecule has 1 unspecified atom stereocenters. The van der Waals surface area contributed by atoms with Crippen molar-refractivity contribution in [3.63, 3.8) is 0 Å². The lowest BCUT2D eigenvalue weighted by molar-refractivity contribution is -0.706. The summed E-state index contributed by atoms with van der Waals surface area (Å²) in [6.45, 7) is 0.886. The Hall–Kier alpha value is -3.59. The van der Waals surface area contributed by atoms with Crippen molar-refractivity contribution in [3.05, 3.63) is 98.7 Å². The molecular weight excluding hydrogens is 400 g/mol. The Bertz CT molecular complexity index is 973. The highest BCUT2D eigenvalue weighted by Gasteiger charge is 2.32. The van der Waals surface area contributed by atoms with Crippen LogP contribution in [0.3, 0.4) is 0 Å². The number of ether oxygens (including phenoxy) is 1. The Morgan fingerprint density at radius 2 is 1.97 bits per heavy atom. The number of benzene rings is 2. The third-order valence-corrected chi connectivity index (χ3v) is 4.36. The van der Waals surface area contributed by atoms with Crippen molar-refractivity contribution in [2.75, 3.05) is 6.61 Å². The van der Waals surface area contributed by atoms with Crippen LogP contribution in [-0.4, -0.2) is 22.4 Å². The standard InChI is InChI=1S/C19H16ClN3O2.NO3/c20-15-7-5-14(6-8-15)11-25-22-19-16-3-1-2-4-18(16)24-12-17(19)23-10-9-21-13-23;2-1(3)4/h1-10,13,17H,11-12H2;/q;-1/p+1/b22-19-;. The predicted molar refractivity (Wildman–Crippen MR) is 105 cm³/mol. The Morgan fingerprint density at radius 3 is 2.66 bits per heavy atom. The Kier molecular flexibility index (Phi) is 6.64. The van der Waals surface area contributed by atoms with Crippen LogP contribution < -0.4 is 9.30 Å². The highest BCUT2D eigenvalue weighted by atomic mass is 35.5. The second-order valence-corrected chi connectivity index (χ2v) is 6.42. The highest BCUT2D eigenvalue weighted by Crippen LogP contribution is 2.28. The number of rotatable bonds is 4. The molecule has 0 amide bonds. The van der Waals surface area contributed by atoms with Gasteiger partial charge in [-0.3, -0.25) is 4.98 Å². The number of nitrogens with zero attached hydrogens (tertiary/aromatic N) is 3. The van der Waals surface area contributed by atoms with Crippen molar-refractivity contribution in [3.8, 4) is 5.75 Å². The summed E-state index contributed by atoms with van der Waals surface area (Å²) in [5.41, 5.74) is 2.81. The number of fused-ring (bicyclic) bond motifs is 1.